The van der Waals surface area contributed by atoms with Gasteiger partial charge in [-0.05, 0) is 42.8 Å². The first-order valence-electron chi connectivity index (χ1n) is 9.10. The zero-order valence-corrected chi connectivity index (χ0v) is 16.0. The van der Waals surface area contributed by atoms with Crippen molar-refractivity contribution in [3.05, 3.63) is 89.7 Å². The Hall–Kier alpha value is -4.40. The van der Waals surface area contributed by atoms with E-state index >= 15 is 0 Å². The number of carbonyl (C=O) groups is 2. The van der Waals surface area contributed by atoms with Gasteiger partial charge in [0.15, 0.2) is 5.69 Å². The Bertz CT molecular complexity index is 1190. The molecule has 2 N–H and O–H groups in total. The second kappa shape index (κ2) is 8.31. The van der Waals surface area contributed by atoms with Crippen LogP contribution in [0.2, 0.25) is 0 Å². The minimum absolute atomic E-state index is 0.0570. The molecule has 9 nitrogen and oxygen atoms in total. The van der Waals surface area contributed by atoms with E-state index in [1.165, 1.54) is 16.9 Å². The maximum Gasteiger partial charge on any atom is 0.278 e. The zero-order valence-electron chi connectivity index (χ0n) is 16.0. The summed E-state index contributed by atoms with van der Waals surface area (Å²) in [5.41, 5.74) is 2.13. The number of para-hydroxylation sites is 1. The van der Waals surface area contributed by atoms with Gasteiger partial charge in [0.25, 0.3) is 17.8 Å². The summed E-state index contributed by atoms with van der Waals surface area (Å²) in [7, 11) is 0. The minimum atomic E-state index is -0.496. The lowest BCUT2D eigenvalue weighted by atomic mass is 10.1. The van der Waals surface area contributed by atoms with Crippen molar-refractivity contribution in [3.8, 4) is 5.69 Å². The number of nitrogens with zero attached hydrogens (tertiary/aromatic N) is 5. The second-order valence-corrected chi connectivity index (χ2v) is 6.34. The quantitative estimate of drug-likeness (QED) is 0.533. The third kappa shape index (κ3) is 4.04. The fourth-order valence-corrected chi connectivity index (χ4v) is 2.78. The van der Waals surface area contributed by atoms with Crippen LogP contribution < -0.4 is 10.6 Å². The van der Waals surface area contributed by atoms with Crippen LogP contribution in [0.3, 0.4) is 0 Å². The molecule has 0 aliphatic rings. The van der Waals surface area contributed by atoms with Crippen LogP contribution in [0, 0.1) is 6.92 Å². The van der Waals surface area contributed by atoms with E-state index in [0.717, 1.165) is 5.56 Å². The molecule has 0 saturated carbocycles. The van der Waals surface area contributed by atoms with Crippen LogP contribution in [0.4, 0.5) is 11.9 Å². The van der Waals surface area contributed by atoms with E-state index < -0.39 is 5.91 Å². The van der Waals surface area contributed by atoms with Crippen LogP contribution in [0.5, 0.6) is 0 Å². The Morgan fingerprint density at radius 3 is 2.37 bits per heavy atom. The summed E-state index contributed by atoms with van der Waals surface area (Å²) in [6.07, 6.45) is 1.47. The van der Waals surface area contributed by atoms with E-state index in [4.69, 9.17) is 0 Å². The smallest absolute Gasteiger partial charge is 0.278 e. The highest BCUT2D eigenvalue weighted by Gasteiger charge is 2.18. The molecule has 0 atom stereocenters. The minimum Gasteiger partial charge on any atom is -0.289 e. The lowest BCUT2D eigenvalue weighted by molar-refractivity contribution is 0.101. The number of rotatable bonds is 5. The highest BCUT2D eigenvalue weighted by molar-refractivity contribution is 6.05. The fourth-order valence-electron chi connectivity index (χ4n) is 2.78. The molecular formula is C21H17N7O2. The Kier molecular flexibility index (Phi) is 5.25. The van der Waals surface area contributed by atoms with Crippen LogP contribution in [0.15, 0.2) is 72.9 Å². The molecule has 30 heavy (non-hydrogen) atoms. The number of nitrogens with one attached hydrogen (secondary N) is 2. The highest BCUT2D eigenvalue weighted by Crippen LogP contribution is 2.18. The highest BCUT2D eigenvalue weighted by atomic mass is 16.2. The van der Waals surface area contributed by atoms with E-state index in [1.807, 2.05) is 37.3 Å². The molecule has 0 aliphatic heterocycles. The summed E-state index contributed by atoms with van der Waals surface area (Å²) in [6.45, 7) is 1.84. The number of carbonyl (C=O) groups excluding carboxylic acids is 2. The van der Waals surface area contributed by atoms with Gasteiger partial charge in [0.2, 0.25) is 5.95 Å². The molecule has 4 rings (SSSR count). The molecule has 2 aromatic carbocycles. The largest absolute Gasteiger partial charge is 0.289 e. The number of benzene rings is 2. The van der Waals surface area contributed by atoms with Gasteiger partial charge in [-0.3, -0.25) is 20.2 Å². The van der Waals surface area contributed by atoms with E-state index in [-0.39, 0.29) is 23.5 Å². The number of hydrogen-bond donors (Lipinski definition) is 2. The molecule has 2 amide bonds. The molecule has 9 heteroatoms. The first-order chi connectivity index (χ1) is 14.6. The molecule has 148 valence electrons. The van der Waals surface area contributed by atoms with Crippen molar-refractivity contribution in [1.29, 1.82) is 0 Å². The lowest BCUT2D eigenvalue weighted by Crippen LogP contribution is -2.17. The topological polar surface area (TPSA) is 115 Å². The summed E-state index contributed by atoms with van der Waals surface area (Å²) < 4.78 is 1.43. The number of hydrogen-bond acceptors (Lipinski definition) is 6. The van der Waals surface area contributed by atoms with Crippen LogP contribution in [-0.4, -0.2) is 36.8 Å². The number of aromatic nitrogens is 5. The summed E-state index contributed by atoms with van der Waals surface area (Å²) in [4.78, 5) is 29.4. The van der Waals surface area contributed by atoms with Gasteiger partial charge >= 0.3 is 0 Å². The van der Waals surface area contributed by atoms with Crippen LogP contribution in [-0.2, 0) is 0 Å². The van der Waals surface area contributed by atoms with E-state index in [0.29, 0.717) is 11.3 Å². The molecule has 0 fully saturated rings. The van der Waals surface area contributed by atoms with Crippen LogP contribution in [0.1, 0.15) is 26.4 Å². The van der Waals surface area contributed by atoms with Crippen molar-refractivity contribution < 1.29 is 9.59 Å². The molecule has 0 radical (unpaired) electrons. The van der Waals surface area contributed by atoms with Crippen molar-refractivity contribution in [2.45, 2.75) is 6.92 Å². The number of aryl methyl sites for hydroxylation is 1. The van der Waals surface area contributed by atoms with Crippen molar-refractivity contribution in [2.24, 2.45) is 0 Å². The normalized spacial score (nSPS) is 10.4. The molecule has 2 heterocycles. The van der Waals surface area contributed by atoms with Crippen LogP contribution in [0.25, 0.3) is 5.69 Å². The zero-order chi connectivity index (χ0) is 20.9. The lowest BCUT2D eigenvalue weighted by Gasteiger charge is -2.06. The van der Waals surface area contributed by atoms with Gasteiger partial charge in [0.05, 0.1) is 5.69 Å². The summed E-state index contributed by atoms with van der Waals surface area (Å²) in [5, 5.41) is 17.2. The van der Waals surface area contributed by atoms with E-state index in [2.05, 4.69) is 30.9 Å². The first kappa shape index (κ1) is 18.9. The average molecular weight is 399 g/mol. The Labute approximate surface area is 171 Å². The van der Waals surface area contributed by atoms with Crippen molar-refractivity contribution in [1.82, 2.24) is 25.0 Å². The standard InChI is InChI=1S/C21H17N7O2/c1-14-8-5-6-11-16(14)18(29)23-20-25-21(24-19(30)17-12-7-13-22-26-17)28(27-20)15-9-3-2-4-10-15/h2-13H,1H3,(H2,23,24,25,27,29,30). The Morgan fingerprint density at radius 2 is 1.63 bits per heavy atom. The molecule has 4 aromatic rings. The molecule has 0 aliphatic carbocycles. The van der Waals surface area contributed by atoms with Gasteiger partial charge in [-0.1, -0.05) is 36.4 Å². The molecule has 0 saturated heterocycles. The average Bonchev–Trinajstić information content (AvgIpc) is 3.17. The maximum atomic E-state index is 12.6. The van der Waals surface area contributed by atoms with Gasteiger partial charge in [0.1, 0.15) is 0 Å². The van der Waals surface area contributed by atoms with Gasteiger partial charge in [-0.15, -0.1) is 10.2 Å². The predicted molar refractivity (Wildman–Crippen MR) is 110 cm³/mol. The molecule has 0 bridgehead atoms. The summed E-state index contributed by atoms with van der Waals surface area (Å²) in [6, 6.07) is 19.5. The van der Waals surface area contributed by atoms with E-state index in [1.54, 1.807) is 30.3 Å². The Morgan fingerprint density at radius 1 is 0.867 bits per heavy atom. The summed E-state index contributed by atoms with van der Waals surface area (Å²) >= 11 is 0. The Balaban J connectivity index is 1.65. The number of anilines is 2. The third-order valence-electron chi connectivity index (χ3n) is 4.25. The maximum absolute atomic E-state index is 12.6. The van der Waals surface area contributed by atoms with Gasteiger partial charge in [-0.25, -0.2) is 0 Å². The van der Waals surface area contributed by atoms with Gasteiger partial charge in [-0.2, -0.15) is 14.8 Å². The van der Waals surface area contributed by atoms with Crippen molar-refractivity contribution >= 4 is 23.7 Å². The molecule has 2 aromatic heterocycles. The predicted octanol–water partition coefficient (Wildman–Crippen LogP) is 2.87. The van der Waals surface area contributed by atoms with E-state index in [9.17, 15) is 9.59 Å². The van der Waals surface area contributed by atoms with Crippen molar-refractivity contribution in [3.63, 3.8) is 0 Å². The molecule has 0 spiro atoms. The summed E-state index contributed by atoms with van der Waals surface area (Å²) in [5.74, 6) is -0.645. The fraction of sp³-hybridized carbons (Fsp3) is 0.0476. The third-order valence-corrected chi connectivity index (χ3v) is 4.25. The van der Waals surface area contributed by atoms with Crippen LogP contribution >= 0.6 is 0 Å². The second-order valence-electron chi connectivity index (χ2n) is 6.34. The first-order valence-corrected chi connectivity index (χ1v) is 9.10. The van der Waals surface area contributed by atoms with Gasteiger partial charge < -0.3 is 0 Å². The SMILES string of the molecule is Cc1ccccc1C(=O)Nc1nc(NC(=O)c2cccnn2)n(-c2ccccc2)n1. The monoisotopic (exact) mass is 399 g/mol. The van der Waals surface area contributed by atoms with Crippen molar-refractivity contribution in [2.75, 3.05) is 10.6 Å². The number of amides is 2. The van der Waals surface area contributed by atoms with Gasteiger partial charge in [0, 0.05) is 11.8 Å². The molecule has 0 unspecified atom stereocenters. The molecular weight excluding hydrogens is 382 g/mol.